The fraction of sp³-hybridized carbons (Fsp3) is 0. The fourth-order valence-electron chi connectivity index (χ4n) is 0.744. The second-order valence-corrected chi connectivity index (χ2v) is 3.10. The summed E-state index contributed by atoms with van der Waals surface area (Å²) in [5.41, 5.74) is 0.696. The van der Waals surface area contributed by atoms with E-state index in [-0.39, 0.29) is 5.35 Å². The van der Waals surface area contributed by atoms with Crippen LogP contribution in [0, 0.1) is 0 Å². The van der Waals surface area contributed by atoms with E-state index < -0.39 is 0 Å². The Bertz CT molecular complexity index is 359. The Morgan fingerprint density at radius 1 is 1.42 bits per heavy atom. The van der Waals surface area contributed by atoms with Gasteiger partial charge in [0.25, 0.3) is 5.89 Å². The van der Waals surface area contributed by atoms with Crippen molar-refractivity contribution in [1.82, 2.24) is 10.2 Å². The molecular weight excluding hydrogens is 247 g/mol. The summed E-state index contributed by atoms with van der Waals surface area (Å²) >= 11 is 8.58. The molecule has 0 aliphatic carbocycles. The molecule has 2 aromatic rings. The van der Waals surface area contributed by atoms with Crippen LogP contribution in [0.15, 0.2) is 25.8 Å². The summed E-state index contributed by atoms with van der Waals surface area (Å²) in [5.74, 6) is 0.342. The zero-order chi connectivity index (χ0) is 8.55. The van der Waals surface area contributed by atoms with E-state index in [1.54, 1.807) is 6.07 Å². The largest absolute Gasteiger partial charge is 0.457 e. The van der Waals surface area contributed by atoms with Gasteiger partial charge >= 0.3 is 5.35 Å². The van der Waals surface area contributed by atoms with Crippen molar-refractivity contribution in [2.45, 2.75) is 0 Å². The number of halogens is 2. The molecule has 0 radical (unpaired) electrons. The lowest BCUT2D eigenvalue weighted by Gasteiger charge is -1.80. The molecule has 12 heavy (non-hydrogen) atoms. The maximum atomic E-state index is 5.43. The van der Waals surface area contributed by atoms with Crippen molar-refractivity contribution >= 4 is 27.5 Å². The molecule has 0 spiro atoms. The monoisotopic (exact) mass is 248 g/mol. The predicted octanol–water partition coefficient (Wildman–Crippen LogP) is 2.75. The van der Waals surface area contributed by atoms with Gasteiger partial charge in [0, 0.05) is 6.07 Å². The van der Waals surface area contributed by atoms with Gasteiger partial charge in [0.15, 0.2) is 4.67 Å². The Morgan fingerprint density at radius 3 is 2.75 bits per heavy atom. The zero-order valence-electron chi connectivity index (χ0n) is 5.62. The lowest BCUT2D eigenvalue weighted by Crippen LogP contribution is -1.71. The first kappa shape index (κ1) is 7.82. The standard InChI is InChI=1S/C6H2BrClN2O2/c7-4-1-3(2-11-4)5-9-10-6(8)12-5/h1-2H. The van der Waals surface area contributed by atoms with Gasteiger partial charge in [0.2, 0.25) is 0 Å². The minimum Gasteiger partial charge on any atom is -0.457 e. The van der Waals surface area contributed by atoms with E-state index >= 15 is 0 Å². The number of furan rings is 1. The summed E-state index contributed by atoms with van der Waals surface area (Å²) < 4.78 is 10.5. The first-order chi connectivity index (χ1) is 5.75. The van der Waals surface area contributed by atoms with E-state index in [1.807, 2.05) is 0 Å². The number of aromatic nitrogens is 2. The molecule has 0 saturated heterocycles. The van der Waals surface area contributed by atoms with Gasteiger partial charge in [-0.1, -0.05) is 5.10 Å². The molecule has 2 aromatic heterocycles. The third kappa shape index (κ3) is 1.37. The van der Waals surface area contributed by atoms with E-state index in [1.165, 1.54) is 6.26 Å². The van der Waals surface area contributed by atoms with Crippen molar-refractivity contribution < 1.29 is 8.83 Å². The molecule has 62 valence electrons. The van der Waals surface area contributed by atoms with Crippen LogP contribution in [0.4, 0.5) is 0 Å². The highest BCUT2D eigenvalue weighted by molar-refractivity contribution is 9.10. The Hall–Kier alpha value is -0.810. The number of nitrogens with zero attached hydrogens (tertiary/aromatic N) is 2. The van der Waals surface area contributed by atoms with Crippen LogP contribution in [0.1, 0.15) is 0 Å². The van der Waals surface area contributed by atoms with Crippen molar-refractivity contribution in [2.24, 2.45) is 0 Å². The molecular formula is C6H2BrClN2O2. The molecule has 0 amide bonds. The normalized spacial score (nSPS) is 10.5. The van der Waals surface area contributed by atoms with Gasteiger partial charge in [-0.05, 0) is 27.5 Å². The van der Waals surface area contributed by atoms with Crippen molar-refractivity contribution in [1.29, 1.82) is 0 Å². The SMILES string of the molecule is Clc1nnc(-c2coc(Br)c2)o1. The first-order valence-corrected chi connectivity index (χ1v) is 4.16. The topological polar surface area (TPSA) is 52.1 Å². The minimum absolute atomic E-state index is 0.0160. The second kappa shape index (κ2) is 2.91. The van der Waals surface area contributed by atoms with Crippen LogP contribution >= 0.6 is 27.5 Å². The molecule has 0 aliphatic rings. The Kier molecular flexibility index (Phi) is 1.90. The maximum absolute atomic E-state index is 5.43. The van der Waals surface area contributed by atoms with Crippen LogP contribution < -0.4 is 0 Å². The van der Waals surface area contributed by atoms with Crippen molar-refractivity contribution in [3.63, 3.8) is 0 Å². The van der Waals surface area contributed by atoms with Gasteiger partial charge in [-0.2, -0.15) is 0 Å². The number of rotatable bonds is 1. The third-order valence-electron chi connectivity index (χ3n) is 1.21. The molecule has 0 fully saturated rings. The van der Waals surface area contributed by atoms with E-state index in [2.05, 4.69) is 26.1 Å². The number of hydrogen-bond donors (Lipinski definition) is 0. The highest BCUT2D eigenvalue weighted by Crippen LogP contribution is 2.24. The summed E-state index contributed by atoms with van der Waals surface area (Å²) in [5, 5.41) is 7.18. The summed E-state index contributed by atoms with van der Waals surface area (Å²) in [6.45, 7) is 0. The maximum Gasteiger partial charge on any atom is 0.313 e. The van der Waals surface area contributed by atoms with Gasteiger partial charge in [-0.25, -0.2) is 0 Å². The van der Waals surface area contributed by atoms with Crippen LogP contribution in [0.2, 0.25) is 5.35 Å². The smallest absolute Gasteiger partial charge is 0.313 e. The van der Waals surface area contributed by atoms with E-state index in [4.69, 9.17) is 20.4 Å². The average molecular weight is 249 g/mol. The van der Waals surface area contributed by atoms with E-state index in [0.717, 1.165) is 0 Å². The highest BCUT2D eigenvalue weighted by Gasteiger charge is 2.09. The van der Waals surface area contributed by atoms with Crippen LogP contribution in [0.25, 0.3) is 11.5 Å². The predicted molar refractivity (Wildman–Crippen MR) is 44.7 cm³/mol. The molecule has 2 heterocycles. The van der Waals surface area contributed by atoms with Crippen LogP contribution in [0.5, 0.6) is 0 Å². The molecule has 0 atom stereocenters. The van der Waals surface area contributed by atoms with Crippen LogP contribution in [-0.2, 0) is 0 Å². The Balaban J connectivity index is 2.43. The van der Waals surface area contributed by atoms with Crippen molar-refractivity contribution in [2.75, 3.05) is 0 Å². The third-order valence-corrected chi connectivity index (χ3v) is 1.78. The fourth-order valence-corrected chi connectivity index (χ4v) is 1.20. The van der Waals surface area contributed by atoms with Crippen LogP contribution in [-0.4, -0.2) is 10.2 Å². The van der Waals surface area contributed by atoms with E-state index in [9.17, 15) is 0 Å². The van der Waals surface area contributed by atoms with Gasteiger partial charge in [0.1, 0.15) is 6.26 Å². The van der Waals surface area contributed by atoms with Gasteiger partial charge < -0.3 is 8.83 Å². The Morgan fingerprint density at radius 2 is 2.25 bits per heavy atom. The zero-order valence-corrected chi connectivity index (χ0v) is 7.96. The lowest BCUT2D eigenvalue weighted by molar-refractivity contribution is 0.537. The minimum atomic E-state index is 0.0160. The van der Waals surface area contributed by atoms with Gasteiger partial charge in [0.05, 0.1) is 5.56 Å². The Labute approximate surface area is 80.7 Å². The molecule has 0 aromatic carbocycles. The molecule has 6 heteroatoms. The highest BCUT2D eigenvalue weighted by atomic mass is 79.9. The molecule has 0 saturated carbocycles. The van der Waals surface area contributed by atoms with Crippen LogP contribution in [0.3, 0.4) is 0 Å². The molecule has 2 rings (SSSR count). The summed E-state index contributed by atoms with van der Waals surface area (Å²) in [6.07, 6.45) is 1.49. The van der Waals surface area contributed by atoms with Gasteiger partial charge in [-0.15, -0.1) is 5.10 Å². The molecule has 0 aliphatic heterocycles. The van der Waals surface area contributed by atoms with Crippen molar-refractivity contribution in [3.05, 3.63) is 22.3 Å². The average Bonchev–Trinajstić information content (AvgIpc) is 2.58. The summed E-state index contributed by atoms with van der Waals surface area (Å²) in [6, 6.07) is 1.71. The lowest BCUT2D eigenvalue weighted by atomic mass is 10.3. The number of hydrogen-bond acceptors (Lipinski definition) is 4. The molecule has 0 bridgehead atoms. The van der Waals surface area contributed by atoms with Crippen molar-refractivity contribution in [3.8, 4) is 11.5 Å². The molecule has 0 unspecified atom stereocenters. The summed E-state index contributed by atoms with van der Waals surface area (Å²) in [7, 11) is 0. The molecule has 0 N–H and O–H groups in total. The van der Waals surface area contributed by atoms with E-state index in [0.29, 0.717) is 16.1 Å². The second-order valence-electron chi connectivity index (χ2n) is 2.00. The molecule has 4 nitrogen and oxygen atoms in total. The first-order valence-electron chi connectivity index (χ1n) is 2.99. The summed E-state index contributed by atoms with van der Waals surface area (Å²) in [4.78, 5) is 0. The quantitative estimate of drug-likeness (QED) is 0.780. The van der Waals surface area contributed by atoms with Gasteiger partial charge in [-0.3, -0.25) is 0 Å².